The third kappa shape index (κ3) is 3.02. The van der Waals surface area contributed by atoms with Crippen LogP contribution in [0.5, 0.6) is 0 Å². The number of hydrogen-bond acceptors (Lipinski definition) is 1. The zero-order valence-electron chi connectivity index (χ0n) is 10.7. The van der Waals surface area contributed by atoms with E-state index in [2.05, 4.69) is 19.9 Å². The molecule has 0 heterocycles. The largest absolute Gasteiger partial charge is 0.325 e. The number of hydrogen-bond donors (Lipinski definition) is 1. The van der Waals surface area contributed by atoms with Crippen molar-refractivity contribution in [2.45, 2.75) is 45.1 Å². The Labute approximate surface area is 109 Å². The first-order chi connectivity index (χ1) is 7.99. The fraction of sp³-hybridized carbons (Fsp3) is 0.600. The first kappa shape index (κ1) is 12.9. The third-order valence-electron chi connectivity index (χ3n) is 4.22. The molecule has 1 aliphatic carbocycles. The van der Waals surface area contributed by atoms with Crippen molar-refractivity contribution in [1.29, 1.82) is 0 Å². The van der Waals surface area contributed by atoms with Crippen LogP contribution in [0.15, 0.2) is 24.3 Å². The second-order valence-electron chi connectivity index (χ2n) is 5.83. The smallest absolute Gasteiger partial charge is 0.0408 e. The van der Waals surface area contributed by atoms with Crippen LogP contribution in [0.2, 0.25) is 5.02 Å². The summed E-state index contributed by atoms with van der Waals surface area (Å²) in [6.07, 6.45) is 4.63. The highest BCUT2D eigenvalue weighted by molar-refractivity contribution is 6.30. The van der Waals surface area contributed by atoms with Gasteiger partial charge in [0.15, 0.2) is 0 Å². The van der Waals surface area contributed by atoms with Gasteiger partial charge in [-0.15, -0.1) is 0 Å². The van der Waals surface area contributed by atoms with Crippen molar-refractivity contribution >= 4 is 11.6 Å². The Morgan fingerprint density at radius 3 is 2.82 bits per heavy atom. The fourth-order valence-electron chi connectivity index (χ4n) is 3.05. The second kappa shape index (κ2) is 4.99. The summed E-state index contributed by atoms with van der Waals surface area (Å²) in [6, 6.07) is 8.10. The van der Waals surface area contributed by atoms with Crippen LogP contribution in [-0.2, 0) is 6.42 Å². The molecule has 0 amide bonds. The van der Waals surface area contributed by atoms with Gasteiger partial charge in [-0.3, -0.25) is 0 Å². The lowest BCUT2D eigenvalue weighted by atomic mass is 9.68. The summed E-state index contributed by atoms with van der Waals surface area (Å²) in [7, 11) is 0. The van der Waals surface area contributed by atoms with Gasteiger partial charge in [0.25, 0.3) is 0 Å². The van der Waals surface area contributed by atoms with Gasteiger partial charge >= 0.3 is 0 Å². The highest BCUT2D eigenvalue weighted by Crippen LogP contribution is 2.37. The van der Waals surface area contributed by atoms with Crippen molar-refractivity contribution < 1.29 is 0 Å². The van der Waals surface area contributed by atoms with Crippen LogP contribution >= 0.6 is 11.6 Å². The Hall–Kier alpha value is -0.530. The molecular formula is C15H22ClN. The van der Waals surface area contributed by atoms with E-state index in [0.717, 1.165) is 23.8 Å². The molecule has 0 radical (unpaired) electrons. The van der Waals surface area contributed by atoms with Gasteiger partial charge in [-0.2, -0.15) is 0 Å². The second-order valence-corrected chi connectivity index (χ2v) is 6.26. The van der Waals surface area contributed by atoms with E-state index < -0.39 is 0 Å². The average molecular weight is 252 g/mol. The molecule has 17 heavy (non-hydrogen) atoms. The van der Waals surface area contributed by atoms with Crippen LogP contribution < -0.4 is 5.73 Å². The number of rotatable bonds is 2. The first-order valence-electron chi connectivity index (χ1n) is 6.53. The van der Waals surface area contributed by atoms with Crippen molar-refractivity contribution in [2.24, 2.45) is 17.6 Å². The molecule has 0 saturated heterocycles. The van der Waals surface area contributed by atoms with E-state index in [0.29, 0.717) is 5.92 Å². The molecule has 0 aromatic heterocycles. The summed E-state index contributed by atoms with van der Waals surface area (Å²) in [5.41, 5.74) is 7.84. The van der Waals surface area contributed by atoms with Gasteiger partial charge in [0.2, 0.25) is 0 Å². The monoisotopic (exact) mass is 251 g/mol. The SMILES string of the molecule is CC1CCC(C)C(N)(Cc2cccc(Cl)c2)C1. The molecule has 1 aromatic carbocycles. The van der Waals surface area contributed by atoms with E-state index in [-0.39, 0.29) is 5.54 Å². The average Bonchev–Trinajstić information content (AvgIpc) is 2.24. The van der Waals surface area contributed by atoms with Crippen LogP contribution in [0.4, 0.5) is 0 Å². The number of halogens is 1. The molecule has 2 N–H and O–H groups in total. The molecule has 94 valence electrons. The fourth-order valence-corrected chi connectivity index (χ4v) is 3.26. The van der Waals surface area contributed by atoms with Crippen molar-refractivity contribution in [3.8, 4) is 0 Å². The Balaban J connectivity index is 2.15. The Morgan fingerprint density at radius 1 is 1.35 bits per heavy atom. The molecule has 1 saturated carbocycles. The molecule has 1 nitrogen and oxygen atoms in total. The molecule has 2 rings (SSSR count). The van der Waals surface area contributed by atoms with Crippen molar-refractivity contribution in [2.75, 3.05) is 0 Å². The van der Waals surface area contributed by atoms with E-state index in [1.807, 2.05) is 18.2 Å². The molecule has 3 atom stereocenters. The first-order valence-corrected chi connectivity index (χ1v) is 6.91. The molecule has 0 bridgehead atoms. The summed E-state index contributed by atoms with van der Waals surface area (Å²) in [5.74, 6) is 1.34. The van der Waals surface area contributed by atoms with E-state index in [1.54, 1.807) is 0 Å². The number of nitrogens with two attached hydrogens (primary N) is 1. The van der Waals surface area contributed by atoms with E-state index in [9.17, 15) is 0 Å². The molecule has 0 spiro atoms. The maximum Gasteiger partial charge on any atom is 0.0408 e. The van der Waals surface area contributed by atoms with Crippen molar-refractivity contribution in [3.05, 3.63) is 34.9 Å². The van der Waals surface area contributed by atoms with Gasteiger partial charge in [0.05, 0.1) is 0 Å². The summed E-state index contributed by atoms with van der Waals surface area (Å²) in [5, 5.41) is 0.808. The summed E-state index contributed by atoms with van der Waals surface area (Å²) < 4.78 is 0. The predicted molar refractivity (Wildman–Crippen MR) is 74.3 cm³/mol. The van der Waals surface area contributed by atoms with Gasteiger partial charge in [-0.1, -0.05) is 44.0 Å². The molecule has 1 aliphatic rings. The Bertz CT molecular complexity index is 390. The maximum absolute atomic E-state index is 6.63. The quantitative estimate of drug-likeness (QED) is 0.844. The van der Waals surface area contributed by atoms with Crippen LogP contribution in [0, 0.1) is 11.8 Å². The van der Waals surface area contributed by atoms with Gasteiger partial charge in [0, 0.05) is 10.6 Å². The molecule has 1 aromatic rings. The summed E-state index contributed by atoms with van der Waals surface area (Å²) >= 11 is 6.03. The van der Waals surface area contributed by atoms with Crippen LogP contribution in [0.3, 0.4) is 0 Å². The minimum Gasteiger partial charge on any atom is -0.325 e. The Kier molecular flexibility index (Phi) is 3.79. The maximum atomic E-state index is 6.63. The molecular weight excluding hydrogens is 230 g/mol. The minimum atomic E-state index is -0.0532. The van der Waals surface area contributed by atoms with Gasteiger partial charge in [-0.25, -0.2) is 0 Å². The Morgan fingerprint density at radius 2 is 2.12 bits per heavy atom. The van der Waals surface area contributed by atoms with Crippen LogP contribution in [0.25, 0.3) is 0 Å². The highest BCUT2D eigenvalue weighted by Gasteiger charge is 2.37. The van der Waals surface area contributed by atoms with Crippen LogP contribution in [-0.4, -0.2) is 5.54 Å². The van der Waals surface area contributed by atoms with E-state index in [4.69, 9.17) is 17.3 Å². The number of benzene rings is 1. The highest BCUT2D eigenvalue weighted by atomic mass is 35.5. The zero-order chi connectivity index (χ0) is 12.5. The standard InChI is InChI=1S/C15H22ClN/c1-11-6-7-12(2)15(17,9-11)10-13-4-3-5-14(16)8-13/h3-5,8,11-12H,6-7,9-10,17H2,1-2H3. The summed E-state index contributed by atoms with van der Waals surface area (Å²) in [6.45, 7) is 4.60. The van der Waals surface area contributed by atoms with Gasteiger partial charge in [0.1, 0.15) is 0 Å². The summed E-state index contributed by atoms with van der Waals surface area (Å²) in [4.78, 5) is 0. The normalized spacial score (nSPS) is 33.6. The van der Waals surface area contributed by atoms with E-state index in [1.165, 1.54) is 18.4 Å². The van der Waals surface area contributed by atoms with E-state index >= 15 is 0 Å². The molecule has 3 unspecified atom stereocenters. The van der Waals surface area contributed by atoms with Gasteiger partial charge in [-0.05, 0) is 48.8 Å². The topological polar surface area (TPSA) is 26.0 Å². The van der Waals surface area contributed by atoms with Gasteiger partial charge < -0.3 is 5.73 Å². The third-order valence-corrected chi connectivity index (χ3v) is 4.46. The zero-order valence-corrected chi connectivity index (χ0v) is 11.5. The lowest BCUT2D eigenvalue weighted by molar-refractivity contribution is 0.161. The predicted octanol–water partition coefficient (Wildman–Crippen LogP) is 4.04. The lowest BCUT2D eigenvalue weighted by Crippen LogP contribution is -2.51. The van der Waals surface area contributed by atoms with Crippen molar-refractivity contribution in [1.82, 2.24) is 0 Å². The minimum absolute atomic E-state index is 0.0532. The molecule has 1 fully saturated rings. The lowest BCUT2D eigenvalue weighted by Gasteiger charge is -2.42. The van der Waals surface area contributed by atoms with Crippen LogP contribution in [0.1, 0.15) is 38.7 Å². The molecule has 2 heteroatoms. The van der Waals surface area contributed by atoms with Crippen molar-refractivity contribution in [3.63, 3.8) is 0 Å². The molecule has 0 aliphatic heterocycles.